The average Bonchev–Trinajstić information content (AvgIpc) is 3.69. The van der Waals surface area contributed by atoms with Gasteiger partial charge in [0.1, 0.15) is 11.5 Å². The number of hydrogen-bond donors (Lipinski definition) is 2. The van der Waals surface area contributed by atoms with Gasteiger partial charge >= 0.3 is 12.4 Å². The first-order valence-electron chi connectivity index (χ1n) is 13.2. The number of nitriles is 1. The Kier molecular flexibility index (Phi) is 7.07. The lowest BCUT2D eigenvalue weighted by molar-refractivity contribution is -0.192. The number of halogens is 6. The van der Waals surface area contributed by atoms with E-state index in [1.165, 1.54) is 0 Å². The fraction of sp³-hybridized carbons (Fsp3) is 0.464. The predicted octanol–water partition coefficient (Wildman–Crippen LogP) is 6.23. The van der Waals surface area contributed by atoms with Crippen molar-refractivity contribution in [3.63, 3.8) is 0 Å². The summed E-state index contributed by atoms with van der Waals surface area (Å²) >= 11 is 0. The quantitative estimate of drug-likeness (QED) is 0.339. The number of piperidine rings is 1. The largest absolute Gasteiger partial charge is 0.403 e. The summed E-state index contributed by atoms with van der Waals surface area (Å²) in [6, 6.07) is 10.7. The van der Waals surface area contributed by atoms with Crippen LogP contribution in [-0.2, 0) is 18.4 Å². The van der Waals surface area contributed by atoms with E-state index < -0.39 is 29.6 Å². The van der Waals surface area contributed by atoms with Gasteiger partial charge in [-0.3, -0.25) is 4.79 Å². The topological polar surface area (TPSA) is 86.0 Å². The Hall–Kier alpha value is -3.95. The van der Waals surface area contributed by atoms with Gasteiger partial charge in [0.25, 0.3) is 0 Å². The van der Waals surface area contributed by atoms with Gasteiger partial charge in [-0.2, -0.15) is 31.6 Å². The SMILES string of the molecule is Cc1ccc(CNC(=O)C2(C(F)(F)F)CC2)cc1Nc1nc2cc(C#N)c(N3CCC(C(F)(F)F)CC3)cc2n1C. The molecular formula is C28H28F6N6O. The third kappa shape index (κ3) is 5.39. The van der Waals surface area contributed by atoms with Crippen LogP contribution in [-0.4, -0.2) is 40.9 Å². The molecule has 0 spiro atoms. The summed E-state index contributed by atoms with van der Waals surface area (Å²) in [6.45, 7) is 2.13. The molecule has 41 heavy (non-hydrogen) atoms. The number of carbonyl (C=O) groups excluding carboxylic acids is 1. The van der Waals surface area contributed by atoms with Crippen molar-refractivity contribution in [3.8, 4) is 6.07 Å². The third-order valence-corrected chi connectivity index (χ3v) is 8.15. The van der Waals surface area contributed by atoms with Gasteiger partial charge in [-0.05, 0) is 61.9 Å². The summed E-state index contributed by atoms with van der Waals surface area (Å²) in [5.41, 5.74) is 1.81. The number of aryl methyl sites for hydroxylation is 2. The first-order valence-corrected chi connectivity index (χ1v) is 13.2. The lowest BCUT2D eigenvalue weighted by Gasteiger charge is -2.34. The first kappa shape index (κ1) is 28.6. The summed E-state index contributed by atoms with van der Waals surface area (Å²) in [6.07, 6.45) is -9.33. The maximum Gasteiger partial charge on any atom is 0.403 e. The van der Waals surface area contributed by atoms with E-state index in [1.54, 1.807) is 46.8 Å². The molecule has 0 atom stereocenters. The van der Waals surface area contributed by atoms with Crippen LogP contribution >= 0.6 is 0 Å². The van der Waals surface area contributed by atoms with Crippen LogP contribution in [0, 0.1) is 29.6 Å². The van der Waals surface area contributed by atoms with E-state index in [0.717, 1.165) is 5.56 Å². The van der Waals surface area contributed by atoms with E-state index in [9.17, 15) is 36.4 Å². The van der Waals surface area contributed by atoms with Crippen LogP contribution in [0.2, 0.25) is 0 Å². The maximum absolute atomic E-state index is 13.3. The molecule has 2 N–H and O–H groups in total. The van der Waals surface area contributed by atoms with E-state index >= 15 is 0 Å². The molecule has 1 amide bonds. The first-order chi connectivity index (χ1) is 19.2. The molecule has 1 aromatic heterocycles. The Morgan fingerprint density at radius 3 is 2.39 bits per heavy atom. The molecule has 1 saturated carbocycles. The van der Waals surface area contributed by atoms with Gasteiger partial charge in [-0.15, -0.1) is 0 Å². The van der Waals surface area contributed by atoms with Gasteiger partial charge < -0.3 is 20.1 Å². The molecule has 13 heteroatoms. The molecule has 3 aromatic rings. The number of nitrogens with one attached hydrogen (secondary N) is 2. The van der Waals surface area contributed by atoms with Gasteiger partial charge in [0.15, 0.2) is 0 Å². The molecule has 2 aliphatic rings. The van der Waals surface area contributed by atoms with Gasteiger partial charge in [0.05, 0.1) is 28.2 Å². The number of amides is 1. The van der Waals surface area contributed by atoms with Crippen molar-refractivity contribution < 1.29 is 31.1 Å². The summed E-state index contributed by atoms with van der Waals surface area (Å²) in [5, 5.41) is 15.4. The van der Waals surface area contributed by atoms with Crippen LogP contribution in [0.25, 0.3) is 11.0 Å². The van der Waals surface area contributed by atoms with Crippen molar-refractivity contribution in [2.75, 3.05) is 23.3 Å². The Morgan fingerprint density at radius 1 is 1.12 bits per heavy atom. The molecule has 1 saturated heterocycles. The second-order valence-electron chi connectivity index (χ2n) is 10.8. The highest BCUT2D eigenvalue weighted by molar-refractivity contribution is 5.87. The van der Waals surface area contributed by atoms with E-state index in [-0.39, 0.29) is 45.3 Å². The van der Waals surface area contributed by atoms with Gasteiger partial charge in [-0.25, -0.2) is 4.98 Å². The van der Waals surface area contributed by atoms with Crippen LogP contribution in [0.4, 0.5) is 43.7 Å². The summed E-state index contributed by atoms with van der Waals surface area (Å²) in [4.78, 5) is 18.6. The zero-order valence-corrected chi connectivity index (χ0v) is 22.4. The van der Waals surface area contributed by atoms with Crippen LogP contribution < -0.4 is 15.5 Å². The molecule has 2 fully saturated rings. The number of aromatic nitrogens is 2. The number of rotatable bonds is 6. The highest BCUT2D eigenvalue weighted by Gasteiger charge is 2.68. The minimum absolute atomic E-state index is 0.0438. The summed E-state index contributed by atoms with van der Waals surface area (Å²) in [7, 11) is 1.76. The molecule has 0 unspecified atom stereocenters. The molecule has 1 aliphatic heterocycles. The third-order valence-electron chi connectivity index (χ3n) is 8.15. The van der Waals surface area contributed by atoms with E-state index in [0.29, 0.717) is 39.5 Å². The molecule has 7 nitrogen and oxygen atoms in total. The number of carbonyl (C=O) groups is 1. The van der Waals surface area contributed by atoms with Gasteiger partial charge in [0, 0.05) is 32.4 Å². The lowest BCUT2D eigenvalue weighted by Crippen LogP contribution is -2.40. The number of benzene rings is 2. The van der Waals surface area contributed by atoms with E-state index in [1.807, 2.05) is 6.92 Å². The minimum atomic E-state index is -4.58. The standard InChI is InChI=1S/C28H28F6N6O/c1-16-3-4-17(15-36-24(41)26(7-8-26)28(32,33)34)11-20(16)37-25-38-21-12-18(14-35)22(13-23(21)39(25)2)40-9-5-19(6-10-40)27(29,30)31/h3-4,11-13,19H,5-10,15H2,1-2H3,(H,36,41)(H,37,38). The van der Waals surface area contributed by atoms with Gasteiger partial charge in [0.2, 0.25) is 11.9 Å². The number of fused-ring (bicyclic) bond motifs is 1. The van der Waals surface area contributed by atoms with Gasteiger partial charge in [-0.1, -0.05) is 12.1 Å². The Bertz CT molecular complexity index is 1520. The molecule has 2 heterocycles. The number of alkyl halides is 6. The van der Waals surface area contributed by atoms with Crippen LogP contribution in [0.3, 0.4) is 0 Å². The second kappa shape index (κ2) is 10.2. The summed E-state index contributed by atoms with van der Waals surface area (Å²) in [5.74, 6) is -1.95. The Morgan fingerprint density at radius 2 is 1.80 bits per heavy atom. The highest BCUT2D eigenvalue weighted by Crippen LogP contribution is 2.57. The normalized spacial score (nSPS) is 17.4. The predicted molar refractivity (Wildman–Crippen MR) is 140 cm³/mol. The van der Waals surface area contributed by atoms with Crippen molar-refractivity contribution in [1.29, 1.82) is 5.26 Å². The average molecular weight is 579 g/mol. The van der Waals surface area contributed by atoms with Crippen LogP contribution in [0.1, 0.15) is 42.4 Å². The van der Waals surface area contributed by atoms with E-state index in [2.05, 4.69) is 21.7 Å². The molecule has 5 rings (SSSR count). The zero-order valence-electron chi connectivity index (χ0n) is 22.4. The maximum atomic E-state index is 13.3. The number of imidazole rings is 1. The fourth-order valence-electron chi connectivity index (χ4n) is 5.29. The minimum Gasteiger partial charge on any atom is -0.370 e. The molecule has 218 valence electrons. The molecule has 0 radical (unpaired) electrons. The Labute approximate surface area is 232 Å². The van der Waals surface area contributed by atoms with Crippen molar-refractivity contribution >= 4 is 34.3 Å². The number of anilines is 3. The molecule has 1 aliphatic carbocycles. The van der Waals surface area contributed by atoms with E-state index in [4.69, 9.17) is 0 Å². The monoisotopic (exact) mass is 578 g/mol. The van der Waals surface area contributed by atoms with Crippen molar-refractivity contribution in [3.05, 3.63) is 47.0 Å². The van der Waals surface area contributed by atoms with Crippen LogP contribution in [0.5, 0.6) is 0 Å². The molecular weight excluding hydrogens is 550 g/mol. The van der Waals surface area contributed by atoms with Crippen molar-refractivity contribution in [2.24, 2.45) is 18.4 Å². The number of hydrogen-bond acceptors (Lipinski definition) is 5. The zero-order chi connectivity index (χ0) is 29.7. The Balaban J connectivity index is 1.35. The van der Waals surface area contributed by atoms with Crippen LogP contribution in [0.15, 0.2) is 30.3 Å². The number of nitrogens with zero attached hydrogens (tertiary/aromatic N) is 4. The van der Waals surface area contributed by atoms with Crippen molar-refractivity contribution in [1.82, 2.24) is 14.9 Å². The lowest BCUT2D eigenvalue weighted by atomic mass is 9.95. The molecule has 0 bridgehead atoms. The fourth-order valence-corrected chi connectivity index (χ4v) is 5.29. The van der Waals surface area contributed by atoms with Crippen molar-refractivity contribution in [2.45, 2.75) is 51.5 Å². The second-order valence-corrected chi connectivity index (χ2v) is 10.8. The smallest absolute Gasteiger partial charge is 0.370 e. The molecule has 2 aromatic carbocycles. The highest BCUT2D eigenvalue weighted by atomic mass is 19.4. The summed E-state index contributed by atoms with van der Waals surface area (Å²) < 4.78 is 80.9.